The SMILES string of the molecule is COCO[C@@H](CCOC(C)=O)[C@H](O)CCOC(C)=O. The van der Waals surface area contributed by atoms with Crippen LogP contribution in [0.4, 0.5) is 0 Å². The fourth-order valence-corrected chi connectivity index (χ4v) is 1.37. The van der Waals surface area contributed by atoms with Crippen molar-refractivity contribution in [2.24, 2.45) is 0 Å². The molecule has 112 valence electrons. The molecule has 0 spiro atoms. The minimum absolute atomic E-state index is 0.0232. The second kappa shape index (κ2) is 10.7. The zero-order valence-corrected chi connectivity index (χ0v) is 11.6. The number of rotatable bonds is 10. The standard InChI is InChI=1S/C12H22O7/c1-9(13)17-6-4-11(15)12(19-8-16-3)5-7-18-10(2)14/h11-12,15H,4-8H2,1-3H3/t11-,12+/m1/s1. The van der Waals surface area contributed by atoms with Crippen molar-refractivity contribution in [2.45, 2.75) is 38.9 Å². The molecule has 0 radical (unpaired) electrons. The maximum atomic E-state index is 10.6. The van der Waals surface area contributed by atoms with Crippen molar-refractivity contribution in [3.05, 3.63) is 0 Å². The van der Waals surface area contributed by atoms with E-state index < -0.39 is 18.2 Å². The van der Waals surface area contributed by atoms with Crippen LogP contribution in [0, 0.1) is 0 Å². The van der Waals surface area contributed by atoms with Crippen LogP contribution in [0.25, 0.3) is 0 Å². The largest absolute Gasteiger partial charge is 0.466 e. The van der Waals surface area contributed by atoms with Crippen LogP contribution in [-0.4, -0.2) is 56.4 Å². The van der Waals surface area contributed by atoms with Crippen molar-refractivity contribution in [2.75, 3.05) is 27.1 Å². The summed E-state index contributed by atoms with van der Waals surface area (Å²) in [6, 6.07) is 0. The maximum absolute atomic E-state index is 10.6. The predicted octanol–water partition coefficient (Wildman–Crippen LogP) is 0.243. The summed E-state index contributed by atoms with van der Waals surface area (Å²) in [5.74, 6) is -0.790. The Bertz CT molecular complexity index is 267. The highest BCUT2D eigenvalue weighted by Gasteiger charge is 2.20. The Kier molecular flexibility index (Phi) is 10.1. The molecule has 0 saturated heterocycles. The average Bonchev–Trinajstić information content (AvgIpc) is 2.32. The Morgan fingerprint density at radius 1 is 1.05 bits per heavy atom. The van der Waals surface area contributed by atoms with Gasteiger partial charge in [-0.15, -0.1) is 0 Å². The van der Waals surface area contributed by atoms with Crippen LogP contribution in [-0.2, 0) is 28.5 Å². The number of hydrogen-bond acceptors (Lipinski definition) is 7. The van der Waals surface area contributed by atoms with Gasteiger partial charge in [0.1, 0.15) is 6.79 Å². The summed E-state index contributed by atoms with van der Waals surface area (Å²) in [5.41, 5.74) is 0. The smallest absolute Gasteiger partial charge is 0.302 e. The summed E-state index contributed by atoms with van der Waals surface area (Å²) < 4.78 is 19.6. The van der Waals surface area contributed by atoms with Crippen LogP contribution in [0.5, 0.6) is 0 Å². The lowest BCUT2D eigenvalue weighted by atomic mass is 10.1. The number of aliphatic hydroxyl groups is 1. The third-order valence-corrected chi connectivity index (χ3v) is 2.26. The minimum Gasteiger partial charge on any atom is -0.466 e. The molecular weight excluding hydrogens is 256 g/mol. The number of methoxy groups -OCH3 is 1. The molecule has 0 bridgehead atoms. The number of ether oxygens (including phenoxy) is 4. The summed E-state index contributed by atoms with van der Waals surface area (Å²) in [5, 5.41) is 9.90. The topological polar surface area (TPSA) is 91.3 Å². The molecule has 0 rings (SSSR count). The van der Waals surface area contributed by atoms with Gasteiger partial charge in [-0.1, -0.05) is 0 Å². The molecule has 0 heterocycles. The van der Waals surface area contributed by atoms with Crippen LogP contribution < -0.4 is 0 Å². The van der Waals surface area contributed by atoms with Crippen molar-refractivity contribution in [3.8, 4) is 0 Å². The first-order valence-electron chi connectivity index (χ1n) is 6.02. The number of carbonyl (C=O) groups excluding carboxylic acids is 2. The number of esters is 2. The van der Waals surface area contributed by atoms with E-state index in [9.17, 15) is 14.7 Å². The molecule has 0 aliphatic heterocycles. The Hall–Kier alpha value is -1.18. The highest BCUT2D eigenvalue weighted by atomic mass is 16.7. The molecule has 0 amide bonds. The Labute approximate surface area is 112 Å². The van der Waals surface area contributed by atoms with Crippen molar-refractivity contribution in [3.63, 3.8) is 0 Å². The number of carbonyl (C=O) groups is 2. The first-order chi connectivity index (χ1) is 8.97. The van der Waals surface area contributed by atoms with Gasteiger partial charge in [0.15, 0.2) is 0 Å². The zero-order valence-electron chi connectivity index (χ0n) is 11.6. The lowest BCUT2D eigenvalue weighted by molar-refractivity contribution is -0.149. The first kappa shape index (κ1) is 17.8. The lowest BCUT2D eigenvalue weighted by Crippen LogP contribution is -2.32. The molecule has 19 heavy (non-hydrogen) atoms. The summed E-state index contributed by atoms with van der Waals surface area (Å²) in [6.07, 6.45) is -0.794. The molecule has 0 unspecified atom stereocenters. The molecule has 2 atom stereocenters. The minimum atomic E-state index is -0.829. The first-order valence-corrected chi connectivity index (χ1v) is 6.02. The molecule has 7 heteroatoms. The second-order valence-electron chi connectivity index (χ2n) is 3.94. The van der Waals surface area contributed by atoms with E-state index in [0.717, 1.165) is 0 Å². The molecule has 0 aromatic carbocycles. The van der Waals surface area contributed by atoms with Gasteiger partial charge in [0.25, 0.3) is 0 Å². The van der Waals surface area contributed by atoms with Crippen LogP contribution in [0.1, 0.15) is 26.7 Å². The van der Waals surface area contributed by atoms with Crippen molar-refractivity contribution < 1.29 is 33.6 Å². The molecule has 0 aliphatic carbocycles. The van der Waals surface area contributed by atoms with Crippen molar-refractivity contribution >= 4 is 11.9 Å². The van der Waals surface area contributed by atoms with Crippen LogP contribution >= 0.6 is 0 Å². The quantitative estimate of drug-likeness (QED) is 0.452. The molecule has 0 saturated carbocycles. The Balaban J connectivity index is 4.06. The van der Waals surface area contributed by atoms with E-state index in [1.165, 1.54) is 21.0 Å². The van der Waals surface area contributed by atoms with Gasteiger partial charge < -0.3 is 24.1 Å². The molecule has 0 fully saturated rings. The van der Waals surface area contributed by atoms with Gasteiger partial charge in [0, 0.05) is 33.8 Å². The van der Waals surface area contributed by atoms with Gasteiger partial charge in [0.2, 0.25) is 0 Å². The van der Waals surface area contributed by atoms with Gasteiger partial charge in [-0.3, -0.25) is 9.59 Å². The van der Waals surface area contributed by atoms with E-state index >= 15 is 0 Å². The van der Waals surface area contributed by atoms with E-state index in [1.807, 2.05) is 0 Å². The van der Waals surface area contributed by atoms with Crippen LogP contribution in [0.3, 0.4) is 0 Å². The normalized spacial score (nSPS) is 13.7. The van der Waals surface area contributed by atoms with Gasteiger partial charge >= 0.3 is 11.9 Å². The highest BCUT2D eigenvalue weighted by Crippen LogP contribution is 2.09. The summed E-state index contributed by atoms with van der Waals surface area (Å²) in [7, 11) is 1.47. The summed E-state index contributed by atoms with van der Waals surface area (Å²) in [4.78, 5) is 21.2. The number of hydrogen-bond donors (Lipinski definition) is 1. The molecular formula is C12H22O7. The Morgan fingerprint density at radius 3 is 2.05 bits per heavy atom. The second-order valence-corrected chi connectivity index (χ2v) is 3.94. The summed E-state index contributed by atoms with van der Waals surface area (Å²) >= 11 is 0. The van der Waals surface area contributed by atoms with E-state index in [-0.39, 0.29) is 32.4 Å². The maximum Gasteiger partial charge on any atom is 0.302 e. The Morgan fingerprint density at radius 2 is 1.58 bits per heavy atom. The third-order valence-electron chi connectivity index (χ3n) is 2.26. The summed E-state index contributed by atoms with van der Waals surface area (Å²) in [6.45, 7) is 2.88. The van der Waals surface area contributed by atoms with Gasteiger partial charge in [-0.2, -0.15) is 0 Å². The van der Waals surface area contributed by atoms with Crippen molar-refractivity contribution in [1.82, 2.24) is 0 Å². The predicted molar refractivity (Wildman–Crippen MR) is 65.3 cm³/mol. The zero-order chi connectivity index (χ0) is 14.7. The van der Waals surface area contributed by atoms with Gasteiger partial charge in [-0.05, 0) is 0 Å². The van der Waals surface area contributed by atoms with Crippen molar-refractivity contribution in [1.29, 1.82) is 0 Å². The number of aliphatic hydroxyl groups excluding tert-OH is 1. The fraction of sp³-hybridized carbons (Fsp3) is 0.833. The van der Waals surface area contributed by atoms with E-state index in [2.05, 4.69) is 0 Å². The average molecular weight is 278 g/mol. The van der Waals surface area contributed by atoms with Gasteiger partial charge in [-0.25, -0.2) is 0 Å². The van der Waals surface area contributed by atoms with Crippen LogP contribution in [0.15, 0.2) is 0 Å². The van der Waals surface area contributed by atoms with E-state index in [4.69, 9.17) is 18.9 Å². The molecule has 0 aliphatic rings. The third kappa shape index (κ3) is 10.4. The molecule has 7 nitrogen and oxygen atoms in total. The molecule has 0 aromatic rings. The lowest BCUT2D eigenvalue weighted by Gasteiger charge is -2.22. The van der Waals surface area contributed by atoms with Crippen LogP contribution in [0.2, 0.25) is 0 Å². The van der Waals surface area contributed by atoms with Gasteiger partial charge in [0.05, 0.1) is 25.4 Å². The van der Waals surface area contributed by atoms with E-state index in [0.29, 0.717) is 6.42 Å². The molecule has 0 aromatic heterocycles. The highest BCUT2D eigenvalue weighted by molar-refractivity contribution is 5.66. The van der Waals surface area contributed by atoms with E-state index in [1.54, 1.807) is 0 Å². The molecule has 1 N–H and O–H groups in total. The fourth-order valence-electron chi connectivity index (χ4n) is 1.37. The monoisotopic (exact) mass is 278 g/mol.